The van der Waals surface area contributed by atoms with E-state index in [0.717, 1.165) is 63.8 Å². The smallest absolute Gasteiger partial charge is 0.269 e. The maximum Gasteiger partial charge on any atom is 0.269 e. The molecule has 0 radical (unpaired) electrons. The molecule has 8 nitrogen and oxygen atoms in total. The summed E-state index contributed by atoms with van der Waals surface area (Å²) in [6.07, 6.45) is 10.6. The topological polar surface area (TPSA) is 102 Å². The van der Waals surface area contributed by atoms with Gasteiger partial charge in [-0.25, -0.2) is 17.4 Å². The molecule has 1 saturated heterocycles. The largest absolute Gasteiger partial charge is 0.389 e. The summed E-state index contributed by atoms with van der Waals surface area (Å²) in [6, 6.07) is 12.6. The van der Waals surface area contributed by atoms with E-state index >= 15 is 0 Å². The number of fused-ring (bicyclic) bond motifs is 1. The summed E-state index contributed by atoms with van der Waals surface area (Å²) in [5, 5.41) is 20.7. The van der Waals surface area contributed by atoms with E-state index < -0.39 is 15.6 Å². The molecule has 1 saturated carbocycles. The average molecular weight is 536 g/mol. The molecule has 3 heterocycles. The third-order valence-corrected chi connectivity index (χ3v) is 10.1. The van der Waals surface area contributed by atoms with Crippen molar-refractivity contribution in [1.29, 1.82) is 5.26 Å². The fraction of sp³-hybridized carbons (Fsp3) is 0.517. The average Bonchev–Trinajstić information content (AvgIpc) is 3.51. The molecule has 1 N–H and O–H groups in total. The predicted octanol–water partition coefficient (Wildman–Crippen LogP) is 4.38. The van der Waals surface area contributed by atoms with Gasteiger partial charge < -0.3 is 14.9 Å². The van der Waals surface area contributed by atoms with Gasteiger partial charge in [0.2, 0.25) is 0 Å². The Morgan fingerprint density at radius 3 is 2.58 bits per heavy atom. The van der Waals surface area contributed by atoms with Gasteiger partial charge >= 0.3 is 0 Å². The van der Waals surface area contributed by atoms with Gasteiger partial charge in [0.05, 0.1) is 21.7 Å². The number of likely N-dealkylation sites (tertiary alicyclic amines) is 1. The van der Waals surface area contributed by atoms with Crippen LogP contribution in [0.4, 0.5) is 5.69 Å². The molecule has 9 heteroatoms. The first-order chi connectivity index (χ1) is 18.2. The van der Waals surface area contributed by atoms with Gasteiger partial charge in [-0.1, -0.05) is 18.2 Å². The fourth-order valence-electron chi connectivity index (χ4n) is 6.25. The van der Waals surface area contributed by atoms with Gasteiger partial charge in [-0.3, -0.25) is 0 Å². The zero-order valence-electron chi connectivity index (χ0n) is 22.3. The number of anilines is 1. The Balaban J connectivity index is 1.28. The highest BCUT2D eigenvalue weighted by Gasteiger charge is 2.32. The summed E-state index contributed by atoms with van der Waals surface area (Å²) < 4.78 is 27.8. The van der Waals surface area contributed by atoms with Gasteiger partial charge in [0, 0.05) is 44.0 Å². The van der Waals surface area contributed by atoms with Gasteiger partial charge in [-0.05, 0) is 82.5 Å². The van der Waals surface area contributed by atoms with Crippen LogP contribution in [0.1, 0.15) is 57.4 Å². The van der Waals surface area contributed by atoms with E-state index in [-0.39, 0.29) is 10.9 Å². The van der Waals surface area contributed by atoms with E-state index in [1.807, 2.05) is 14.0 Å². The molecule has 3 aromatic rings. The van der Waals surface area contributed by atoms with Gasteiger partial charge in [-0.15, -0.1) is 0 Å². The van der Waals surface area contributed by atoms with Crippen LogP contribution < -0.4 is 4.90 Å². The molecule has 2 aliphatic rings. The lowest BCUT2D eigenvalue weighted by Crippen LogP contribution is -2.36. The van der Waals surface area contributed by atoms with Crippen LogP contribution in [0, 0.1) is 17.2 Å². The van der Waals surface area contributed by atoms with Crippen molar-refractivity contribution < 1.29 is 13.5 Å². The molecular weight excluding hydrogens is 498 g/mol. The molecule has 38 heavy (non-hydrogen) atoms. The highest BCUT2D eigenvalue weighted by molar-refractivity contribution is 7.90. The molecule has 2 fully saturated rings. The molecule has 1 aliphatic carbocycles. The second kappa shape index (κ2) is 10.7. The molecule has 1 atom stereocenters. The van der Waals surface area contributed by atoms with E-state index in [2.05, 4.69) is 20.9 Å². The van der Waals surface area contributed by atoms with Crippen molar-refractivity contribution in [2.45, 2.75) is 68.4 Å². The van der Waals surface area contributed by atoms with Crippen molar-refractivity contribution in [1.82, 2.24) is 13.9 Å². The molecule has 1 unspecified atom stereocenters. The van der Waals surface area contributed by atoms with Gasteiger partial charge in [0.15, 0.2) is 5.65 Å². The van der Waals surface area contributed by atoms with Crippen LogP contribution in [0.2, 0.25) is 0 Å². The van der Waals surface area contributed by atoms with Gasteiger partial charge in [-0.2, -0.15) is 5.26 Å². The number of nitriles is 1. The molecule has 0 spiro atoms. The summed E-state index contributed by atoms with van der Waals surface area (Å²) in [7, 11) is -1.79. The molecular formula is C29H37N5O3S. The maximum absolute atomic E-state index is 13.3. The zero-order valence-corrected chi connectivity index (χ0v) is 23.1. The first-order valence-electron chi connectivity index (χ1n) is 13.6. The van der Waals surface area contributed by atoms with Crippen LogP contribution in [0.5, 0.6) is 0 Å². The normalized spacial score (nSPS) is 24.5. The Hall–Kier alpha value is -2.93. The number of aliphatic hydroxyl groups is 1. The van der Waals surface area contributed by atoms with E-state index in [1.54, 1.807) is 36.4 Å². The number of benzene rings is 1. The van der Waals surface area contributed by atoms with E-state index in [0.29, 0.717) is 22.5 Å². The summed E-state index contributed by atoms with van der Waals surface area (Å²) in [4.78, 5) is 9.14. The zero-order chi connectivity index (χ0) is 26.9. The third-order valence-electron chi connectivity index (χ3n) is 8.41. The monoisotopic (exact) mass is 535 g/mol. The Morgan fingerprint density at radius 2 is 1.92 bits per heavy atom. The summed E-state index contributed by atoms with van der Waals surface area (Å²) in [5.74, 6) is 0.702. The number of hydrogen-bond donors (Lipinski definition) is 1. The molecule has 202 valence electrons. The standard InChI is InChI=1S/C29H37N5O3S/c1-29(35)15-18-33(21-29)16-6-7-22-10-12-24(13-11-22)32(2)27-23(19-30)20-31-28-26(27)14-17-34(28)38(36,37)25-8-4-3-5-9-25/h3-5,8-9,14,17,20,22,24,35H,6-7,10-13,15-16,18,21H2,1-2H3. The van der Waals surface area contributed by atoms with Crippen LogP contribution in [-0.2, 0) is 10.0 Å². The molecule has 5 rings (SSSR count). The first-order valence-corrected chi connectivity index (χ1v) is 15.0. The van der Waals surface area contributed by atoms with Crippen molar-refractivity contribution in [3.05, 3.63) is 54.4 Å². The minimum atomic E-state index is -3.80. The van der Waals surface area contributed by atoms with Crippen molar-refractivity contribution >= 4 is 26.7 Å². The number of rotatable bonds is 8. The summed E-state index contributed by atoms with van der Waals surface area (Å²) in [6.45, 7) is 4.75. The number of β-amino-alcohol motifs (C(OH)–C–C–N with tert-alkyl or cyclic N) is 1. The molecule has 1 aliphatic heterocycles. The van der Waals surface area contributed by atoms with Gasteiger partial charge in [0.1, 0.15) is 6.07 Å². The quantitative estimate of drug-likeness (QED) is 0.457. The lowest BCUT2D eigenvalue weighted by Gasteiger charge is -2.36. The summed E-state index contributed by atoms with van der Waals surface area (Å²) >= 11 is 0. The first kappa shape index (κ1) is 26.7. The molecule has 2 aromatic heterocycles. The highest BCUT2D eigenvalue weighted by Crippen LogP contribution is 2.37. The number of aromatic nitrogens is 2. The van der Waals surface area contributed by atoms with E-state index in [9.17, 15) is 18.8 Å². The molecule has 0 bridgehead atoms. The number of pyridine rings is 1. The Morgan fingerprint density at radius 1 is 1.18 bits per heavy atom. The second-order valence-corrected chi connectivity index (χ2v) is 13.1. The Bertz CT molecular complexity index is 1420. The van der Waals surface area contributed by atoms with Crippen molar-refractivity contribution in [2.75, 3.05) is 31.6 Å². The maximum atomic E-state index is 13.3. The SMILES string of the molecule is CN(c1c(C#N)cnc2c1ccn2S(=O)(=O)c1ccccc1)C1CCC(CCCN2CCC(C)(O)C2)CC1. The van der Waals surface area contributed by atoms with Crippen LogP contribution in [0.3, 0.4) is 0 Å². The number of hydrogen-bond acceptors (Lipinski definition) is 7. The second-order valence-electron chi connectivity index (χ2n) is 11.2. The van der Waals surface area contributed by atoms with Crippen LogP contribution >= 0.6 is 0 Å². The van der Waals surface area contributed by atoms with Crippen molar-refractivity contribution in [2.24, 2.45) is 5.92 Å². The van der Waals surface area contributed by atoms with E-state index in [4.69, 9.17) is 0 Å². The minimum Gasteiger partial charge on any atom is -0.389 e. The fourth-order valence-corrected chi connectivity index (χ4v) is 7.57. The Kier molecular flexibility index (Phi) is 7.49. The van der Waals surface area contributed by atoms with Crippen molar-refractivity contribution in [3.63, 3.8) is 0 Å². The summed E-state index contributed by atoms with van der Waals surface area (Å²) in [5.41, 5.74) is 1.02. The van der Waals surface area contributed by atoms with E-state index in [1.165, 1.54) is 22.8 Å². The predicted molar refractivity (Wildman–Crippen MR) is 149 cm³/mol. The molecule has 1 aromatic carbocycles. The molecule has 0 amide bonds. The van der Waals surface area contributed by atoms with Crippen LogP contribution in [0.15, 0.2) is 53.7 Å². The lowest BCUT2D eigenvalue weighted by molar-refractivity contribution is 0.0683. The Labute approximate surface area is 225 Å². The van der Waals surface area contributed by atoms with Crippen LogP contribution in [0.25, 0.3) is 11.0 Å². The van der Waals surface area contributed by atoms with Crippen molar-refractivity contribution in [3.8, 4) is 6.07 Å². The minimum absolute atomic E-state index is 0.201. The number of nitrogens with zero attached hydrogens (tertiary/aromatic N) is 5. The third kappa shape index (κ3) is 5.31. The van der Waals surface area contributed by atoms with Crippen LogP contribution in [-0.4, -0.2) is 65.7 Å². The highest BCUT2D eigenvalue weighted by atomic mass is 32.2. The lowest BCUT2D eigenvalue weighted by atomic mass is 9.82. The van der Waals surface area contributed by atoms with Gasteiger partial charge in [0.25, 0.3) is 10.0 Å².